The molecule has 2 heterocycles. The summed E-state index contributed by atoms with van der Waals surface area (Å²) in [6.07, 6.45) is 6.76. The van der Waals surface area contributed by atoms with Crippen molar-refractivity contribution in [2.45, 2.75) is 19.9 Å². The molecule has 4 heteroatoms. The van der Waals surface area contributed by atoms with Crippen LogP contribution in [-0.4, -0.2) is 14.8 Å². The number of rotatable bonds is 4. The molecule has 0 fully saturated rings. The Labute approximate surface area is 118 Å². The van der Waals surface area contributed by atoms with E-state index >= 15 is 0 Å². The molecule has 0 saturated carbocycles. The van der Waals surface area contributed by atoms with Crippen LogP contribution in [0.5, 0.6) is 0 Å². The molecule has 102 valence electrons. The van der Waals surface area contributed by atoms with Gasteiger partial charge < -0.3 is 5.32 Å². The Balaban J connectivity index is 1.86. The average Bonchev–Trinajstić information content (AvgIpc) is 2.85. The molecule has 0 bridgehead atoms. The van der Waals surface area contributed by atoms with E-state index in [-0.39, 0.29) is 0 Å². The predicted octanol–water partition coefficient (Wildman–Crippen LogP) is 3.14. The number of pyridine rings is 1. The largest absolute Gasteiger partial charge is 0.380 e. The fraction of sp³-hybridized carbons (Fsp3) is 0.250. The predicted molar refractivity (Wildman–Crippen MR) is 81.7 cm³/mol. The summed E-state index contributed by atoms with van der Waals surface area (Å²) in [6, 6.07) is 8.28. The van der Waals surface area contributed by atoms with Gasteiger partial charge in [-0.3, -0.25) is 9.67 Å². The quantitative estimate of drug-likeness (QED) is 0.789. The fourth-order valence-electron chi connectivity index (χ4n) is 2.49. The first-order valence-corrected chi connectivity index (χ1v) is 6.86. The van der Waals surface area contributed by atoms with Crippen LogP contribution in [0.15, 0.2) is 42.9 Å². The number of aromatic nitrogens is 3. The van der Waals surface area contributed by atoms with Crippen LogP contribution >= 0.6 is 0 Å². The number of fused-ring (bicyclic) bond motifs is 1. The molecule has 0 atom stereocenters. The fourth-order valence-corrected chi connectivity index (χ4v) is 2.49. The topological polar surface area (TPSA) is 42.7 Å². The number of nitrogens with one attached hydrogen (secondary N) is 1. The maximum atomic E-state index is 4.47. The lowest BCUT2D eigenvalue weighted by molar-refractivity contribution is 0.746. The van der Waals surface area contributed by atoms with Gasteiger partial charge >= 0.3 is 0 Å². The molecular weight excluding hydrogens is 248 g/mol. The summed E-state index contributed by atoms with van der Waals surface area (Å²) in [5.41, 5.74) is 3.51. The second kappa shape index (κ2) is 5.33. The molecule has 0 saturated heterocycles. The van der Waals surface area contributed by atoms with Crippen LogP contribution in [0.3, 0.4) is 0 Å². The molecule has 4 nitrogen and oxygen atoms in total. The summed E-state index contributed by atoms with van der Waals surface area (Å²) in [7, 11) is 1.96. The van der Waals surface area contributed by atoms with E-state index in [9.17, 15) is 0 Å². The smallest absolute Gasteiger partial charge is 0.0671 e. The second-order valence-electron chi connectivity index (χ2n) is 4.88. The first-order chi connectivity index (χ1) is 9.78. The van der Waals surface area contributed by atoms with Crippen LogP contribution in [0.2, 0.25) is 0 Å². The zero-order valence-electron chi connectivity index (χ0n) is 11.8. The first-order valence-electron chi connectivity index (χ1n) is 6.86. The Morgan fingerprint density at radius 2 is 2.15 bits per heavy atom. The van der Waals surface area contributed by atoms with Crippen molar-refractivity contribution in [3.05, 3.63) is 54.1 Å². The van der Waals surface area contributed by atoms with Gasteiger partial charge in [0.05, 0.1) is 5.69 Å². The monoisotopic (exact) mass is 266 g/mol. The Morgan fingerprint density at radius 1 is 1.25 bits per heavy atom. The van der Waals surface area contributed by atoms with E-state index in [0.29, 0.717) is 0 Å². The van der Waals surface area contributed by atoms with Crippen molar-refractivity contribution < 1.29 is 0 Å². The molecule has 0 unspecified atom stereocenters. The second-order valence-corrected chi connectivity index (χ2v) is 4.88. The minimum Gasteiger partial charge on any atom is -0.380 e. The Hall–Kier alpha value is -2.36. The molecule has 0 radical (unpaired) electrons. The molecule has 0 aliphatic rings. The van der Waals surface area contributed by atoms with Gasteiger partial charge in [0.1, 0.15) is 0 Å². The number of nitrogens with zero attached hydrogens (tertiary/aromatic N) is 3. The van der Waals surface area contributed by atoms with Gasteiger partial charge in [-0.2, -0.15) is 5.10 Å². The van der Waals surface area contributed by atoms with Gasteiger partial charge in [0.25, 0.3) is 0 Å². The summed E-state index contributed by atoms with van der Waals surface area (Å²) >= 11 is 0. The molecule has 2 aromatic heterocycles. The molecule has 1 N–H and O–H groups in total. The van der Waals surface area contributed by atoms with Crippen LogP contribution in [0.4, 0.5) is 5.69 Å². The van der Waals surface area contributed by atoms with Crippen LogP contribution in [0, 0.1) is 0 Å². The highest BCUT2D eigenvalue weighted by molar-refractivity contribution is 5.93. The molecule has 1 aromatic carbocycles. The van der Waals surface area contributed by atoms with Crippen molar-refractivity contribution in [1.29, 1.82) is 0 Å². The third-order valence-electron chi connectivity index (χ3n) is 3.48. The van der Waals surface area contributed by atoms with Gasteiger partial charge in [0.15, 0.2) is 0 Å². The van der Waals surface area contributed by atoms with Gasteiger partial charge in [0.2, 0.25) is 0 Å². The normalized spacial score (nSPS) is 10.9. The molecular formula is C16H18N4. The van der Waals surface area contributed by atoms with Gasteiger partial charge in [0, 0.05) is 48.8 Å². The average molecular weight is 266 g/mol. The maximum absolute atomic E-state index is 4.47. The molecule has 0 amide bonds. The van der Waals surface area contributed by atoms with Crippen molar-refractivity contribution in [1.82, 2.24) is 14.8 Å². The molecule has 0 aliphatic carbocycles. The number of benzene rings is 1. The van der Waals surface area contributed by atoms with Crippen LogP contribution in [-0.2, 0) is 20.0 Å². The zero-order valence-corrected chi connectivity index (χ0v) is 11.8. The van der Waals surface area contributed by atoms with Gasteiger partial charge in [-0.05, 0) is 23.9 Å². The molecule has 3 rings (SSSR count). The van der Waals surface area contributed by atoms with Crippen molar-refractivity contribution in [3.8, 4) is 0 Å². The Bertz CT molecular complexity index is 725. The molecule has 3 aromatic rings. The highest BCUT2D eigenvalue weighted by Crippen LogP contribution is 2.23. The number of aryl methyl sites for hydroxylation is 2. The lowest BCUT2D eigenvalue weighted by atomic mass is 10.1. The van der Waals surface area contributed by atoms with E-state index in [2.05, 4.69) is 46.7 Å². The Kier molecular flexibility index (Phi) is 3.37. The van der Waals surface area contributed by atoms with Gasteiger partial charge in [-0.25, -0.2) is 0 Å². The summed E-state index contributed by atoms with van der Waals surface area (Å²) in [4.78, 5) is 4.21. The van der Waals surface area contributed by atoms with Crippen molar-refractivity contribution in [2.24, 2.45) is 7.05 Å². The minimum absolute atomic E-state index is 0.783. The van der Waals surface area contributed by atoms with E-state index in [1.54, 1.807) is 0 Å². The van der Waals surface area contributed by atoms with Crippen LogP contribution in [0.1, 0.15) is 18.2 Å². The zero-order chi connectivity index (χ0) is 13.9. The van der Waals surface area contributed by atoms with E-state index in [1.807, 2.05) is 30.2 Å². The minimum atomic E-state index is 0.783. The highest BCUT2D eigenvalue weighted by Gasteiger charge is 2.06. The summed E-state index contributed by atoms with van der Waals surface area (Å²) < 4.78 is 1.88. The van der Waals surface area contributed by atoms with Crippen LogP contribution in [0.25, 0.3) is 10.8 Å². The van der Waals surface area contributed by atoms with Gasteiger partial charge in [-0.1, -0.05) is 19.1 Å². The van der Waals surface area contributed by atoms with E-state index in [4.69, 9.17) is 0 Å². The summed E-state index contributed by atoms with van der Waals surface area (Å²) in [6.45, 7) is 2.92. The molecule has 0 spiro atoms. The number of anilines is 1. The van der Waals surface area contributed by atoms with E-state index in [1.165, 1.54) is 10.9 Å². The summed E-state index contributed by atoms with van der Waals surface area (Å²) in [5, 5.41) is 10.3. The standard InChI is InChI=1S/C16H18N4/c1-3-15-13(11-20(2)19-15)9-18-16-6-4-5-12-7-8-17-10-14(12)16/h4-8,10-11,18H,3,9H2,1-2H3. The first kappa shape index (κ1) is 12.7. The third-order valence-corrected chi connectivity index (χ3v) is 3.48. The maximum Gasteiger partial charge on any atom is 0.0671 e. The summed E-state index contributed by atoms with van der Waals surface area (Å²) in [5.74, 6) is 0. The van der Waals surface area contributed by atoms with Crippen LogP contribution < -0.4 is 5.32 Å². The van der Waals surface area contributed by atoms with E-state index < -0.39 is 0 Å². The highest BCUT2D eigenvalue weighted by atomic mass is 15.3. The number of hydrogen-bond donors (Lipinski definition) is 1. The Morgan fingerprint density at radius 3 is 3.00 bits per heavy atom. The number of hydrogen-bond acceptors (Lipinski definition) is 3. The van der Waals surface area contributed by atoms with E-state index in [0.717, 1.165) is 29.7 Å². The lowest BCUT2D eigenvalue weighted by Gasteiger charge is -2.09. The van der Waals surface area contributed by atoms with Gasteiger partial charge in [-0.15, -0.1) is 0 Å². The van der Waals surface area contributed by atoms with Crippen molar-refractivity contribution >= 4 is 16.5 Å². The molecule has 20 heavy (non-hydrogen) atoms. The molecule has 0 aliphatic heterocycles. The lowest BCUT2D eigenvalue weighted by Crippen LogP contribution is -2.01. The SMILES string of the molecule is CCc1nn(C)cc1CNc1cccc2ccncc12. The van der Waals surface area contributed by atoms with Crippen molar-refractivity contribution in [2.75, 3.05) is 5.32 Å². The van der Waals surface area contributed by atoms with Crippen molar-refractivity contribution in [3.63, 3.8) is 0 Å². The third kappa shape index (κ3) is 2.37.